The molecule has 0 saturated carbocycles. The van der Waals surface area contributed by atoms with E-state index in [0.29, 0.717) is 9.33 Å². The van der Waals surface area contributed by atoms with Gasteiger partial charge < -0.3 is 5.11 Å². The van der Waals surface area contributed by atoms with Gasteiger partial charge in [0.25, 0.3) is 6.43 Å². The number of aliphatic hydroxyl groups is 1. The summed E-state index contributed by atoms with van der Waals surface area (Å²) in [6, 6.07) is 5.17. The Kier molecular flexibility index (Phi) is 5.46. The highest BCUT2D eigenvalue weighted by atomic mass is 35.5. The van der Waals surface area contributed by atoms with Crippen molar-refractivity contribution in [3.05, 3.63) is 29.3 Å². The van der Waals surface area contributed by atoms with E-state index in [0.717, 1.165) is 0 Å². The van der Waals surface area contributed by atoms with Crippen molar-refractivity contribution in [1.29, 1.82) is 0 Å². The Hall–Kier alpha value is -0.760. The molecule has 0 aliphatic rings. The van der Waals surface area contributed by atoms with Crippen molar-refractivity contribution in [1.82, 2.24) is 4.31 Å². The molecule has 1 aromatic carbocycles. The van der Waals surface area contributed by atoms with E-state index in [4.69, 9.17) is 16.7 Å². The maximum absolute atomic E-state index is 12.3. The lowest BCUT2D eigenvalue weighted by molar-refractivity contribution is 0.113. The molecule has 102 valence electrons. The SMILES string of the molecule is O=S(=O)(c1ccc(Cl)cc1)N(CCO)CC(F)F. The molecule has 0 atom stereocenters. The smallest absolute Gasteiger partial charge is 0.252 e. The lowest BCUT2D eigenvalue weighted by Crippen LogP contribution is -2.37. The van der Waals surface area contributed by atoms with Crippen LogP contribution in [0.1, 0.15) is 0 Å². The summed E-state index contributed by atoms with van der Waals surface area (Å²) >= 11 is 5.62. The van der Waals surface area contributed by atoms with Crippen molar-refractivity contribution in [3.8, 4) is 0 Å². The first-order valence-electron chi connectivity index (χ1n) is 5.02. The van der Waals surface area contributed by atoms with E-state index in [1.165, 1.54) is 24.3 Å². The number of sulfonamides is 1. The Morgan fingerprint density at radius 2 is 1.83 bits per heavy atom. The lowest BCUT2D eigenvalue weighted by atomic mass is 10.4. The second kappa shape index (κ2) is 6.42. The molecule has 1 aromatic rings. The number of rotatable bonds is 6. The molecule has 8 heteroatoms. The van der Waals surface area contributed by atoms with Gasteiger partial charge in [0, 0.05) is 11.6 Å². The van der Waals surface area contributed by atoms with Crippen LogP contribution in [0.15, 0.2) is 29.2 Å². The van der Waals surface area contributed by atoms with Crippen molar-refractivity contribution in [2.75, 3.05) is 19.7 Å². The van der Waals surface area contributed by atoms with Gasteiger partial charge in [-0.25, -0.2) is 17.2 Å². The minimum atomic E-state index is -4.04. The first-order valence-corrected chi connectivity index (χ1v) is 6.84. The third-order valence-electron chi connectivity index (χ3n) is 2.14. The van der Waals surface area contributed by atoms with E-state index in [9.17, 15) is 17.2 Å². The highest BCUT2D eigenvalue weighted by Crippen LogP contribution is 2.19. The fourth-order valence-corrected chi connectivity index (χ4v) is 2.87. The number of benzene rings is 1. The molecule has 0 spiro atoms. The average molecular weight is 300 g/mol. The molecule has 0 aliphatic carbocycles. The Morgan fingerprint density at radius 1 is 1.28 bits per heavy atom. The molecule has 0 aromatic heterocycles. The second-order valence-corrected chi connectivity index (χ2v) is 5.81. The van der Waals surface area contributed by atoms with Crippen LogP contribution in [0.4, 0.5) is 8.78 Å². The van der Waals surface area contributed by atoms with Gasteiger partial charge >= 0.3 is 0 Å². The van der Waals surface area contributed by atoms with Crippen molar-refractivity contribution in [3.63, 3.8) is 0 Å². The van der Waals surface area contributed by atoms with E-state index >= 15 is 0 Å². The van der Waals surface area contributed by atoms with Crippen LogP contribution in [-0.4, -0.2) is 44.0 Å². The van der Waals surface area contributed by atoms with Crippen LogP contribution in [0.3, 0.4) is 0 Å². The number of hydrogen-bond acceptors (Lipinski definition) is 3. The van der Waals surface area contributed by atoms with Crippen molar-refractivity contribution in [2.24, 2.45) is 0 Å². The van der Waals surface area contributed by atoms with Crippen LogP contribution in [0.2, 0.25) is 5.02 Å². The quantitative estimate of drug-likeness (QED) is 0.868. The van der Waals surface area contributed by atoms with Gasteiger partial charge in [-0.15, -0.1) is 0 Å². The fraction of sp³-hybridized carbons (Fsp3) is 0.400. The summed E-state index contributed by atoms with van der Waals surface area (Å²) in [7, 11) is -4.04. The van der Waals surface area contributed by atoms with Gasteiger partial charge in [-0.05, 0) is 24.3 Å². The molecule has 0 bridgehead atoms. The summed E-state index contributed by atoms with van der Waals surface area (Å²) < 4.78 is 49.2. The topological polar surface area (TPSA) is 57.6 Å². The molecule has 4 nitrogen and oxygen atoms in total. The molecular formula is C10H12ClF2NO3S. The highest BCUT2D eigenvalue weighted by molar-refractivity contribution is 7.89. The largest absolute Gasteiger partial charge is 0.395 e. The zero-order valence-corrected chi connectivity index (χ0v) is 10.8. The molecule has 1 rings (SSSR count). The lowest BCUT2D eigenvalue weighted by Gasteiger charge is -2.20. The van der Waals surface area contributed by atoms with E-state index in [1.807, 2.05) is 0 Å². The normalized spacial score (nSPS) is 12.3. The Morgan fingerprint density at radius 3 is 2.28 bits per heavy atom. The summed E-state index contributed by atoms with van der Waals surface area (Å²) in [5.41, 5.74) is 0. The maximum Gasteiger partial charge on any atom is 0.252 e. The van der Waals surface area contributed by atoms with Gasteiger partial charge in [0.05, 0.1) is 18.0 Å². The molecule has 1 N–H and O–H groups in total. The maximum atomic E-state index is 12.3. The second-order valence-electron chi connectivity index (χ2n) is 3.43. The molecule has 0 amide bonds. The Labute approximate surface area is 109 Å². The molecule has 18 heavy (non-hydrogen) atoms. The van der Waals surface area contributed by atoms with Crippen LogP contribution in [0, 0.1) is 0 Å². The first kappa shape index (κ1) is 15.3. The molecule has 0 unspecified atom stereocenters. The molecule has 0 aliphatic heterocycles. The molecule has 0 fully saturated rings. The number of aliphatic hydroxyl groups excluding tert-OH is 1. The van der Waals surface area contributed by atoms with Crippen LogP contribution < -0.4 is 0 Å². The van der Waals surface area contributed by atoms with Gasteiger partial charge in [-0.3, -0.25) is 0 Å². The van der Waals surface area contributed by atoms with Gasteiger partial charge in [-0.2, -0.15) is 4.31 Å². The van der Waals surface area contributed by atoms with Crippen LogP contribution in [0.5, 0.6) is 0 Å². The first-order chi connectivity index (χ1) is 8.37. The van der Waals surface area contributed by atoms with Gasteiger partial charge in [-0.1, -0.05) is 11.6 Å². The van der Waals surface area contributed by atoms with E-state index < -0.39 is 29.6 Å². The number of halogens is 3. The summed E-state index contributed by atoms with van der Waals surface area (Å²) in [5.74, 6) is 0. The van der Waals surface area contributed by atoms with Gasteiger partial charge in [0.2, 0.25) is 10.0 Å². The predicted molar refractivity (Wildman–Crippen MR) is 63.3 cm³/mol. The standard InChI is InChI=1S/C10H12ClF2NO3S/c11-8-1-3-9(4-2-8)18(16,17)14(5-6-15)7-10(12)13/h1-4,10,15H,5-7H2. The van der Waals surface area contributed by atoms with Crippen LogP contribution in [0.25, 0.3) is 0 Å². The number of hydrogen-bond donors (Lipinski definition) is 1. The third kappa shape index (κ3) is 3.88. The zero-order valence-electron chi connectivity index (χ0n) is 9.26. The van der Waals surface area contributed by atoms with Gasteiger partial charge in [0.1, 0.15) is 0 Å². The minimum Gasteiger partial charge on any atom is -0.395 e. The highest BCUT2D eigenvalue weighted by Gasteiger charge is 2.26. The van der Waals surface area contributed by atoms with E-state index in [1.54, 1.807) is 0 Å². The van der Waals surface area contributed by atoms with Crippen molar-refractivity contribution < 1.29 is 22.3 Å². The monoisotopic (exact) mass is 299 g/mol. The van der Waals surface area contributed by atoms with Crippen molar-refractivity contribution >= 4 is 21.6 Å². The van der Waals surface area contributed by atoms with Crippen molar-refractivity contribution in [2.45, 2.75) is 11.3 Å². The molecule has 0 heterocycles. The summed E-state index contributed by atoms with van der Waals surface area (Å²) in [5, 5.41) is 9.08. The number of nitrogens with zero attached hydrogens (tertiary/aromatic N) is 1. The summed E-state index contributed by atoms with van der Waals surface area (Å²) in [6.45, 7) is -1.86. The molecule has 0 radical (unpaired) electrons. The Balaban J connectivity index is 3.04. The van der Waals surface area contributed by atoms with E-state index in [-0.39, 0.29) is 11.4 Å². The Bertz CT molecular complexity index is 478. The van der Waals surface area contributed by atoms with Gasteiger partial charge in [0.15, 0.2) is 0 Å². The fourth-order valence-electron chi connectivity index (χ4n) is 1.33. The third-order valence-corrected chi connectivity index (χ3v) is 4.27. The minimum absolute atomic E-state index is 0.138. The van der Waals surface area contributed by atoms with Crippen LogP contribution in [-0.2, 0) is 10.0 Å². The van der Waals surface area contributed by atoms with E-state index in [2.05, 4.69) is 0 Å². The predicted octanol–water partition coefficient (Wildman–Crippen LogP) is 1.59. The average Bonchev–Trinajstić information content (AvgIpc) is 2.28. The molecular weight excluding hydrogens is 288 g/mol. The summed E-state index contributed by atoms with van der Waals surface area (Å²) in [6.07, 6.45) is -2.81. The molecule has 0 saturated heterocycles. The number of alkyl halides is 2. The van der Waals surface area contributed by atoms with Crippen LogP contribution >= 0.6 is 11.6 Å². The zero-order chi connectivity index (χ0) is 13.8. The summed E-state index contributed by atoms with van der Waals surface area (Å²) in [4.78, 5) is -0.138.